The Morgan fingerprint density at radius 1 is 1.19 bits per heavy atom. The highest BCUT2D eigenvalue weighted by molar-refractivity contribution is 7.13. The maximum atomic E-state index is 12.3. The van der Waals surface area contributed by atoms with Crippen LogP contribution >= 0.6 is 11.3 Å². The summed E-state index contributed by atoms with van der Waals surface area (Å²) in [5.41, 5.74) is 1.43. The number of nitrogens with one attached hydrogen (secondary N) is 1. The number of rotatable bonds is 8. The van der Waals surface area contributed by atoms with Crippen LogP contribution in [0.15, 0.2) is 40.3 Å². The number of amides is 1. The van der Waals surface area contributed by atoms with E-state index in [9.17, 15) is 4.79 Å². The van der Waals surface area contributed by atoms with Crippen LogP contribution in [0, 0.1) is 0 Å². The van der Waals surface area contributed by atoms with E-state index in [1.165, 1.54) is 11.3 Å². The van der Waals surface area contributed by atoms with Gasteiger partial charge < -0.3 is 23.9 Å². The molecule has 1 N–H and O–H groups in total. The maximum absolute atomic E-state index is 12.3. The van der Waals surface area contributed by atoms with Crippen molar-refractivity contribution in [1.29, 1.82) is 0 Å². The average molecular weight is 388 g/mol. The van der Waals surface area contributed by atoms with Crippen molar-refractivity contribution < 1.29 is 23.4 Å². The van der Waals surface area contributed by atoms with Crippen LogP contribution in [-0.2, 0) is 17.8 Å². The number of ether oxygens (including phenoxy) is 3. The Kier molecular flexibility index (Phi) is 5.97. The second-order valence-corrected chi connectivity index (χ2v) is 6.44. The van der Waals surface area contributed by atoms with Crippen LogP contribution in [0.25, 0.3) is 10.8 Å². The van der Waals surface area contributed by atoms with E-state index in [1.54, 1.807) is 45.8 Å². The van der Waals surface area contributed by atoms with Gasteiger partial charge in [0, 0.05) is 17.5 Å². The summed E-state index contributed by atoms with van der Waals surface area (Å²) in [5.74, 6) is 2.33. The summed E-state index contributed by atoms with van der Waals surface area (Å²) in [7, 11) is 4.69. The van der Waals surface area contributed by atoms with Gasteiger partial charge >= 0.3 is 0 Å². The molecule has 1 amide bonds. The summed E-state index contributed by atoms with van der Waals surface area (Å²) in [6.07, 6.45) is 1.77. The van der Waals surface area contributed by atoms with Crippen molar-refractivity contribution in [2.45, 2.75) is 13.0 Å². The predicted molar refractivity (Wildman–Crippen MR) is 101 cm³/mol. The molecule has 2 aromatic heterocycles. The molecule has 0 radical (unpaired) electrons. The van der Waals surface area contributed by atoms with Gasteiger partial charge in [-0.15, -0.1) is 11.3 Å². The topological polar surface area (TPSA) is 82.8 Å². The van der Waals surface area contributed by atoms with Crippen LogP contribution in [0.2, 0.25) is 0 Å². The summed E-state index contributed by atoms with van der Waals surface area (Å²) >= 11 is 1.44. The van der Waals surface area contributed by atoms with Crippen molar-refractivity contribution in [1.82, 2.24) is 10.3 Å². The summed E-state index contributed by atoms with van der Waals surface area (Å²) in [4.78, 5) is 16.8. The van der Waals surface area contributed by atoms with Crippen LogP contribution in [0.1, 0.15) is 11.3 Å². The fourth-order valence-electron chi connectivity index (χ4n) is 2.57. The number of furan rings is 1. The number of thiazole rings is 1. The zero-order valence-electron chi connectivity index (χ0n) is 15.3. The molecule has 0 aliphatic rings. The first-order valence-electron chi connectivity index (χ1n) is 8.18. The summed E-state index contributed by atoms with van der Waals surface area (Å²) < 4.78 is 21.3. The maximum Gasteiger partial charge on any atom is 0.226 e. The van der Waals surface area contributed by atoms with Crippen LogP contribution in [-0.4, -0.2) is 32.2 Å². The lowest BCUT2D eigenvalue weighted by atomic mass is 10.1. The molecule has 2 heterocycles. The first-order chi connectivity index (χ1) is 13.1. The van der Waals surface area contributed by atoms with Crippen LogP contribution < -0.4 is 19.5 Å². The quantitative estimate of drug-likeness (QED) is 0.638. The van der Waals surface area contributed by atoms with E-state index in [0.29, 0.717) is 28.7 Å². The average Bonchev–Trinajstić information content (AvgIpc) is 3.37. The van der Waals surface area contributed by atoms with E-state index in [4.69, 9.17) is 18.6 Å². The third kappa shape index (κ3) is 4.40. The van der Waals surface area contributed by atoms with Gasteiger partial charge in [0.05, 0.1) is 51.8 Å². The largest absolute Gasteiger partial charge is 0.496 e. The first-order valence-corrected chi connectivity index (χ1v) is 9.06. The zero-order valence-corrected chi connectivity index (χ0v) is 16.1. The van der Waals surface area contributed by atoms with Gasteiger partial charge in [0.2, 0.25) is 5.91 Å². The molecule has 0 saturated heterocycles. The number of methoxy groups -OCH3 is 3. The minimum atomic E-state index is -0.147. The molecular weight excluding hydrogens is 368 g/mol. The fourth-order valence-corrected chi connectivity index (χ4v) is 3.35. The minimum Gasteiger partial charge on any atom is -0.496 e. The van der Waals surface area contributed by atoms with E-state index < -0.39 is 0 Å². The molecule has 142 valence electrons. The molecule has 3 aromatic rings. The fraction of sp³-hybridized carbons (Fsp3) is 0.263. The SMILES string of the molecule is COc1cc(OC)c(CNC(=O)Cc2csc(-c3ccco3)n2)c(OC)c1. The van der Waals surface area contributed by atoms with Crippen molar-refractivity contribution in [3.05, 3.63) is 47.2 Å². The molecule has 1 aromatic carbocycles. The summed E-state index contributed by atoms with van der Waals surface area (Å²) in [6, 6.07) is 7.14. The van der Waals surface area contributed by atoms with Crippen LogP contribution in [0.5, 0.6) is 17.2 Å². The van der Waals surface area contributed by atoms with E-state index >= 15 is 0 Å². The number of hydrogen-bond acceptors (Lipinski definition) is 7. The lowest BCUT2D eigenvalue weighted by Gasteiger charge is -2.15. The molecule has 0 bridgehead atoms. The molecule has 0 saturated carbocycles. The molecule has 0 spiro atoms. The number of carbonyl (C=O) groups is 1. The molecule has 0 aliphatic heterocycles. The summed E-state index contributed by atoms with van der Waals surface area (Å²) in [6.45, 7) is 0.268. The Balaban J connectivity index is 1.66. The zero-order chi connectivity index (χ0) is 19.2. The molecule has 8 heteroatoms. The highest BCUT2D eigenvalue weighted by Crippen LogP contribution is 2.34. The number of benzene rings is 1. The van der Waals surface area contributed by atoms with E-state index in [-0.39, 0.29) is 18.9 Å². The molecule has 0 unspecified atom stereocenters. The lowest BCUT2D eigenvalue weighted by molar-refractivity contribution is -0.120. The number of nitrogens with zero attached hydrogens (tertiary/aromatic N) is 1. The Labute approximate surface area is 160 Å². The van der Waals surface area contributed by atoms with Gasteiger partial charge in [0.15, 0.2) is 10.8 Å². The Morgan fingerprint density at radius 3 is 2.52 bits per heavy atom. The predicted octanol–water partition coefficient (Wildman–Crippen LogP) is 3.29. The summed E-state index contributed by atoms with van der Waals surface area (Å²) in [5, 5.41) is 5.48. The van der Waals surface area contributed by atoms with Crippen molar-refractivity contribution in [2.75, 3.05) is 21.3 Å². The molecule has 7 nitrogen and oxygen atoms in total. The van der Waals surface area contributed by atoms with Crippen LogP contribution in [0.4, 0.5) is 0 Å². The van der Waals surface area contributed by atoms with Crippen molar-refractivity contribution in [2.24, 2.45) is 0 Å². The second kappa shape index (κ2) is 8.59. The van der Waals surface area contributed by atoms with Gasteiger partial charge in [-0.3, -0.25) is 4.79 Å². The van der Waals surface area contributed by atoms with Gasteiger partial charge in [0.1, 0.15) is 17.2 Å². The van der Waals surface area contributed by atoms with Gasteiger partial charge in [-0.25, -0.2) is 4.98 Å². The number of aromatic nitrogens is 1. The molecule has 0 aliphatic carbocycles. The van der Waals surface area contributed by atoms with Gasteiger partial charge in [0.25, 0.3) is 0 Å². The van der Waals surface area contributed by atoms with Crippen molar-refractivity contribution in [3.8, 4) is 28.0 Å². The molecule has 3 rings (SSSR count). The van der Waals surface area contributed by atoms with Gasteiger partial charge in [-0.05, 0) is 12.1 Å². The Hall–Kier alpha value is -3.00. The Bertz CT molecular complexity index is 880. The van der Waals surface area contributed by atoms with Gasteiger partial charge in [-0.1, -0.05) is 0 Å². The van der Waals surface area contributed by atoms with E-state index in [0.717, 1.165) is 10.6 Å². The first kappa shape index (κ1) is 18.8. The number of carbonyl (C=O) groups excluding carboxylic acids is 1. The van der Waals surface area contributed by atoms with Crippen molar-refractivity contribution in [3.63, 3.8) is 0 Å². The number of hydrogen-bond donors (Lipinski definition) is 1. The third-order valence-electron chi connectivity index (χ3n) is 3.90. The lowest BCUT2D eigenvalue weighted by Crippen LogP contribution is -2.25. The molecule has 27 heavy (non-hydrogen) atoms. The normalized spacial score (nSPS) is 10.5. The Morgan fingerprint density at radius 2 is 1.93 bits per heavy atom. The van der Waals surface area contributed by atoms with E-state index in [1.807, 2.05) is 11.4 Å². The van der Waals surface area contributed by atoms with Gasteiger partial charge in [-0.2, -0.15) is 0 Å². The minimum absolute atomic E-state index is 0.147. The molecule has 0 fully saturated rings. The monoisotopic (exact) mass is 388 g/mol. The van der Waals surface area contributed by atoms with Crippen molar-refractivity contribution >= 4 is 17.2 Å². The standard InChI is InChI=1S/C19H20N2O5S/c1-23-13-8-16(24-2)14(17(9-13)25-3)10-20-18(22)7-12-11-27-19(21-12)15-5-4-6-26-15/h4-6,8-9,11H,7,10H2,1-3H3,(H,20,22). The molecular formula is C19H20N2O5S. The van der Waals surface area contributed by atoms with Crippen LogP contribution in [0.3, 0.4) is 0 Å². The smallest absolute Gasteiger partial charge is 0.226 e. The second-order valence-electron chi connectivity index (χ2n) is 5.59. The highest BCUT2D eigenvalue weighted by atomic mass is 32.1. The third-order valence-corrected chi connectivity index (χ3v) is 4.81. The highest BCUT2D eigenvalue weighted by Gasteiger charge is 2.15. The molecule has 0 atom stereocenters. The van der Waals surface area contributed by atoms with E-state index in [2.05, 4.69) is 10.3 Å².